The minimum absolute atomic E-state index is 0.0186. The highest BCUT2D eigenvalue weighted by Crippen LogP contribution is 2.39. The molecule has 158 valence electrons. The highest BCUT2D eigenvalue weighted by molar-refractivity contribution is 5.94. The maximum atomic E-state index is 13.4. The molecule has 0 bridgehead atoms. The minimum atomic E-state index is -4.48. The number of benzene rings is 1. The number of rotatable bonds is 5. The number of nitrogens with two attached hydrogens (primary N) is 1. The summed E-state index contributed by atoms with van der Waals surface area (Å²) in [5.74, 6) is 0.0846. The van der Waals surface area contributed by atoms with Crippen LogP contribution >= 0.6 is 0 Å². The molecule has 0 spiro atoms. The van der Waals surface area contributed by atoms with Crippen molar-refractivity contribution in [3.63, 3.8) is 0 Å². The van der Waals surface area contributed by atoms with Crippen LogP contribution in [0.5, 0.6) is 0 Å². The van der Waals surface area contributed by atoms with Crippen molar-refractivity contribution in [2.45, 2.75) is 45.0 Å². The molecule has 0 radical (unpaired) electrons. The molecule has 1 aromatic heterocycles. The van der Waals surface area contributed by atoms with Crippen LogP contribution in [-0.4, -0.2) is 41.1 Å². The number of alkyl halides is 3. The summed E-state index contributed by atoms with van der Waals surface area (Å²) < 4.78 is 40.1. The number of aliphatic hydroxyl groups is 1. The largest absolute Gasteiger partial charge is 0.418 e. The van der Waals surface area contributed by atoms with E-state index >= 15 is 0 Å². The number of fused-ring (bicyclic) bond motifs is 1. The van der Waals surface area contributed by atoms with Gasteiger partial charge in [0.1, 0.15) is 0 Å². The van der Waals surface area contributed by atoms with Gasteiger partial charge in [-0.05, 0) is 49.4 Å². The number of Topliss-reactive ketones (excluding diaryl/α,β-unsaturated/α-hetero) is 1. The van der Waals surface area contributed by atoms with Crippen LogP contribution in [0, 0.1) is 11.8 Å². The van der Waals surface area contributed by atoms with Crippen molar-refractivity contribution >= 4 is 22.4 Å². The second-order valence-electron chi connectivity index (χ2n) is 8.08. The molecule has 2 heterocycles. The summed E-state index contributed by atoms with van der Waals surface area (Å²) in [4.78, 5) is 18.4. The lowest BCUT2D eigenvalue weighted by Crippen LogP contribution is -2.44. The number of carbonyl (C=O) groups excluding carboxylic acids is 1. The molecule has 1 aliphatic rings. The summed E-state index contributed by atoms with van der Waals surface area (Å²) in [6.45, 7) is 4.77. The van der Waals surface area contributed by atoms with E-state index in [1.165, 1.54) is 19.2 Å². The molecular formula is C21H26F3N3O2. The molecule has 0 aliphatic carbocycles. The first-order chi connectivity index (χ1) is 13.6. The van der Waals surface area contributed by atoms with Gasteiger partial charge in [0, 0.05) is 36.8 Å². The second kappa shape index (κ2) is 8.28. The molecule has 8 heteroatoms. The molecule has 1 aromatic carbocycles. The zero-order valence-corrected chi connectivity index (χ0v) is 16.5. The van der Waals surface area contributed by atoms with Gasteiger partial charge in [-0.25, -0.2) is 0 Å². The fraction of sp³-hybridized carbons (Fsp3) is 0.524. The van der Waals surface area contributed by atoms with E-state index < -0.39 is 23.9 Å². The van der Waals surface area contributed by atoms with Crippen LogP contribution in [0.25, 0.3) is 10.9 Å². The van der Waals surface area contributed by atoms with Gasteiger partial charge in [-0.1, -0.05) is 6.92 Å². The summed E-state index contributed by atoms with van der Waals surface area (Å²) in [7, 11) is 0. The lowest BCUT2D eigenvalue weighted by Gasteiger charge is -2.38. The van der Waals surface area contributed by atoms with Crippen molar-refractivity contribution < 1.29 is 23.1 Å². The molecule has 0 unspecified atom stereocenters. The normalized spacial score (nSPS) is 22.5. The first kappa shape index (κ1) is 21.5. The number of hydrogen-bond donors (Lipinski definition) is 2. The number of aliphatic hydroxyl groups excluding tert-OH is 1. The maximum absolute atomic E-state index is 13.4. The zero-order valence-electron chi connectivity index (χ0n) is 16.5. The molecule has 4 atom stereocenters. The molecule has 2 aromatic rings. The number of piperidine rings is 1. The van der Waals surface area contributed by atoms with Gasteiger partial charge in [-0.15, -0.1) is 0 Å². The smallest absolute Gasteiger partial charge is 0.391 e. The van der Waals surface area contributed by atoms with Crippen molar-refractivity contribution in [2.75, 3.05) is 18.0 Å². The average Bonchev–Trinajstić information content (AvgIpc) is 2.65. The van der Waals surface area contributed by atoms with Gasteiger partial charge in [-0.2, -0.15) is 13.2 Å². The first-order valence-electron chi connectivity index (χ1n) is 9.74. The third kappa shape index (κ3) is 4.70. The van der Waals surface area contributed by atoms with E-state index in [4.69, 9.17) is 5.73 Å². The third-order valence-electron chi connectivity index (χ3n) is 5.52. The molecule has 0 amide bonds. The summed E-state index contributed by atoms with van der Waals surface area (Å²) >= 11 is 0. The minimum Gasteiger partial charge on any atom is -0.391 e. The predicted octanol–water partition coefficient (Wildman–Crippen LogP) is 3.38. The highest BCUT2D eigenvalue weighted by Gasteiger charge is 2.35. The Morgan fingerprint density at radius 1 is 1.34 bits per heavy atom. The molecular weight excluding hydrogens is 383 g/mol. The Bertz CT molecular complexity index is 885. The fourth-order valence-corrected chi connectivity index (χ4v) is 4.18. The molecule has 5 nitrogen and oxygen atoms in total. The molecule has 1 saturated heterocycles. The molecule has 1 fully saturated rings. The number of anilines is 1. The Morgan fingerprint density at radius 3 is 2.72 bits per heavy atom. The number of hydrogen-bond acceptors (Lipinski definition) is 5. The van der Waals surface area contributed by atoms with Crippen molar-refractivity contribution in [3.05, 3.63) is 36.0 Å². The number of carbonyl (C=O) groups is 1. The van der Waals surface area contributed by atoms with Crippen LogP contribution in [0.4, 0.5) is 18.9 Å². The Labute approximate surface area is 167 Å². The summed E-state index contributed by atoms with van der Waals surface area (Å²) in [5.41, 5.74) is 5.62. The number of pyridine rings is 1. The lowest BCUT2D eigenvalue weighted by atomic mass is 9.85. The van der Waals surface area contributed by atoms with Gasteiger partial charge in [0.15, 0.2) is 5.78 Å². The summed E-state index contributed by atoms with van der Waals surface area (Å²) in [6, 6.07) is 4.92. The predicted molar refractivity (Wildman–Crippen MR) is 106 cm³/mol. The molecule has 0 saturated carbocycles. The fourth-order valence-electron chi connectivity index (χ4n) is 4.18. The van der Waals surface area contributed by atoms with Gasteiger partial charge in [0.05, 0.1) is 23.2 Å². The second-order valence-corrected chi connectivity index (χ2v) is 8.08. The number of nitrogens with zero attached hydrogens (tertiary/aromatic N) is 2. The van der Waals surface area contributed by atoms with Crippen molar-refractivity contribution in [2.24, 2.45) is 17.6 Å². The van der Waals surface area contributed by atoms with Gasteiger partial charge in [0.25, 0.3) is 0 Å². The van der Waals surface area contributed by atoms with Crippen LogP contribution in [0.3, 0.4) is 0 Å². The molecule has 1 aliphatic heterocycles. The van der Waals surface area contributed by atoms with E-state index in [-0.39, 0.29) is 29.6 Å². The maximum Gasteiger partial charge on any atom is 0.418 e. The topological polar surface area (TPSA) is 79.5 Å². The Hall–Kier alpha value is -2.19. The molecule has 29 heavy (non-hydrogen) atoms. The highest BCUT2D eigenvalue weighted by atomic mass is 19.4. The van der Waals surface area contributed by atoms with E-state index in [1.54, 1.807) is 12.1 Å². The van der Waals surface area contributed by atoms with E-state index in [1.807, 2.05) is 4.90 Å². The molecule has 3 N–H and O–H groups in total. The first-order valence-corrected chi connectivity index (χ1v) is 9.74. The molecule has 3 rings (SSSR count). The average molecular weight is 409 g/mol. The van der Waals surface area contributed by atoms with Gasteiger partial charge >= 0.3 is 6.18 Å². The Morgan fingerprint density at radius 2 is 2.07 bits per heavy atom. The SMILES string of the molecule is C[C@H]1C[C@@H](CC(=O)[C@@H](N)[C@@H](C)O)CN(c2ccc(C(F)(F)F)c3ncccc23)C1. The van der Waals surface area contributed by atoms with E-state index in [0.717, 1.165) is 12.5 Å². The van der Waals surface area contributed by atoms with Crippen molar-refractivity contribution in [3.8, 4) is 0 Å². The zero-order chi connectivity index (χ0) is 21.3. The lowest BCUT2D eigenvalue weighted by molar-refractivity contribution is -0.136. The Balaban J connectivity index is 1.90. The van der Waals surface area contributed by atoms with Crippen LogP contribution in [0.15, 0.2) is 30.5 Å². The third-order valence-corrected chi connectivity index (χ3v) is 5.52. The van der Waals surface area contributed by atoms with Crippen LogP contribution in [-0.2, 0) is 11.0 Å². The summed E-state index contributed by atoms with van der Waals surface area (Å²) in [5, 5.41) is 10.0. The Kier molecular flexibility index (Phi) is 6.14. The van der Waals surface area contributed by atoms with Crippen LogP contribution in [0.1, 0.15) is 32.3 Å². The van der Waals surface area contributed by atoms with Crippen LogP contribution in [0.2, 0.25) is 0 Å². The van der Waals surface area contributed by atoms with Gasteiger partial charge in [-0.3, -0.25) is 9.78 Å². The monoisotopic (exact) mass is 409 g/mol. The van der Waals surface area contributed by atoms with Crippen LogP contribution < -0.4 is 10.6 Å². The van der Waals surface area contributed by atoms with Gasteiger partial charge < -0.3 is 15.7 Å². The number of halogens is 3. The number of ketones is 1. The standard InChI is InChI=1S/C21H26F3N3O2/c1-12-8-14(9-18(29)19(25)13(2)28)11-27(10-12)17-6-5-16(21(22,23)24)20-15(17)4-3-7-26-20/h3-7,12-14,19,28H,8-11,25H2,1-2H3/t12-,13+,14-,19-/m0/s1. The number of aromatic nitrogens is 1. The van der Waals surface area contributed by atoms with E-state index in [0.29, 0.717) is 24.2 Å². The van der Waals surface area contributed by atoms with Gasteiger partial charge in [0.2, 0.25) is 0 Å². The van der Waals surface area contributed by atoms with Crippen molar-refractivity contribution in [1.82, 2.24) is 4.98 Å². The van der Waals surface area contributed by atoms with E-state index in [2.05, 4.69) is 11.9 Å². The van der Waals surface area contributed by atoms with Crippen molar-refractivity contribution in [1.29, 1.82) is 0 Å². The summed E-state index contributed by atoms with van der Waals surface area (Å²) in [6.07, 6.45) is -2.97. The van der Waals surface area contributed by atoms with E-state index in [9.17, 15) is 23.1 Å². The quantitative estimate of drug-likeness (QED) is 0.792.